The number of rotatable bonds is 3. The highest BCUT2D eigenvalue weighted by atomic mass is 19.1. The van der Waals surface area contributed by atoms with E-state index in [1.807, 2.05) is 10.6 Å². The lowest BCUT2D eigenvalue weighted by Crippen LogP contribution is -2.47. The summed E-state index contributed by atoms with van der Waals surface area (Å²) in [6.45, 7) is 0. The molecule has 2 heterocycles. The number of benzene rings is 1. The first-order chi connectivity index (χ1) is 11.5. The average Bonchev–Trinajstić information content (AvgIpc) is 3.14. The SMILES string of the molecule is OC(CC1c2c(F)cccc2-c2cncn21)[C@]1(O)CC[C@@H](O)CC1. The van der Waals surface area contributed by atoms with Crippen molar-refractivity contribution in [2.45, 2.75) is 56.0 Å². The zero-order chi connectivity index (χ0) is 16.9. The van der Waals surface area contributed by atoms with Crippen molar-refractivity contribution >= 4 is 0 Å². The molecule has 128 valence electrons. The molecule has 24 heavy (non-hydrogen) atoms. The van der Waals surface area contributed by atoms with Gasteiger partial charge in [0.1, 0.15) is 5.82 Å². The van der Waals surface area contributed by atoms with Gasteiger partial charge in [-0.3, -0.25) is 0 Å². The van der Waals surface area contributed by atoms with Gasteiger partial charge in [-0.25, -0.2) is 9.37 Å². The minimum absolute atomic E-state index is 0.212. The van der Waals surface area contributed by atoms with E-state index in [0.717, 1.165) is 11.3 Å². The lowest BCUT2D eigenvalue weighted by atomic mass is 9.77. The van der Waals surface area contributed by atoms with Crippen LogP contribution in [0.1, 0.15) is 43.7 Å². The van der Waals surface area contributed by atoms with Gasteiger partial charge in [-0.05, 0) is 31.7 Å². The molecule has 2 unspecified atom stereocenters. The number of hydrogen-bond donors (Lipinski definition) is 3. The topological polar surface area (TPSA) is 78.5 Å². The second kappa shape index (κ2) is 5.65. The number of aliphatic hydroxyl groups excluding tert-OH is 2. The molecule has 1 aliphatic heterocycles. The Hall–Kier alpha value is -1.76. The Labute approximate surface area is 139 Å². The van der Waals surface area contributed by atoms with Crippen LogP contribution in [0.15, 0.2) is 30.7 Å². The molecular formula is C18H21FN2O3. The molecule has 5 nitrogen and oxygen atoms in total. The van der Waals surface area contributed by atoms with Crippen LogP contribution in [-0.2, 0) is 0 Å². The van der Waals surface area contributed by atoms with Gasteiger partial charge >= 0.3 is 0 Å². The molecule has 1 fully saturated rings. The average molecular weight is 332 g/mol. The zero-order valence-corrected chi connectivity index (χ0v) is 13.3. The number of aromatic nitrogens is 2. The molecule has 1 aromatic carbocycles. The molecular weight excluding hydrogens is 311 g/mol. The molecule has 0 spiro atoms. The van der Waals surface area contributed by atoms with Crippen molar-refractivity contribution in [3.8, 4) is 11.3 Å². The molecule has 2 aliphatic rings. The number of hydrogen-bond acceptors (Lipinski definition) is 4. The van der Waals surface area contributed by atoms with Crippen LogP contribution in [0.2, 0.25) is 0 Å². The van der Waals surface area contributed by atoms with Crippen LogP contribution in [0, 0.1) is 5.82 Å². The first kappa shape index (κ1) is 15.7. The number of nitrogens with zero attached hydrogens (tertiary/aromatic N) is 2. The lowest BCUT2D eigenvalue weighted by molar-refractivity contribution is -0.117. The minimum Gasteiger partial charge on any atom is -0.393 e. The first-order valence-corrected chi connectivity index (χ1v) is 8.39. The van der Waals surface area contributed by atoms with Crippen LogP contribution < -0.4 is 0 Å². The van der Waals surface area contributed by atoms with E-state index in [0.29, 0.717) is 31.2 Å². The molecule has 2 atom stereocenters. The Morgan fingerprint density at radius 2 is 2.08 bits per heavy atom. The third-order valence-corrected chi connectivity index (χ3v) is 5.55. The van der Waals surface area contributed by atoms with Crippen LogP contribution in [0.4, 0.5) is 4.39 Å². The van der Waals surface area contributed by atoms with Crippen molar-refractivity contribution in [2.24, 2.45) is 0 Å². The van der Waals surface area contributed by atoms with Crippen molar-refractivity contribution < 1.29 is 19.7 Å². The zero-order valence-electron chi connectivity index (χ0n) is 13.3. The van der Waals surface area contributed by atoms with E-state index in [2.05, 4.69) is 4.98 Å². The summed E-state index contributed by atoms with van der Waals surface area (Å²) in [5, 5.41) is 31.0. The fraction of sp³-hybridized carbons (Fsp3) is 0.500. The Bertz CT molecular complexity index is 752. The van der Waals surface area contributed by atoms with Crippen molar-refractivity contribution in [1.29, 1.82) is 0 Å². The largest absolute Gasteiger partial charge is 0.393 e. The molecule has 1 saturated carbocycles. The van der Waals surface area contributed by atoms with Gasteiger partial charge in [-0.2, -0.15) is 0 Å². The van der Waals surface area contributed by atoms with Gasteiger partial charge in [0.15, 0.2) is 0 Å². The molecule has 1 aromatic heterocycles. The summed E-state index contributed by atoms with van der Waals surface area (Å²) in [4.78, 5) is 4.13. The summed E-state index contributed by atoms with van der Waals surface area (Å²) in [5.41, 5.74) is 0.936. The van der Waals surface area contributed by atoms with Gasteiger partial charge in [-0.1, -0.05) is 12.1 Å². The number of halogens is 1. The molecule has 1 aliphatic carbocycles. The molecule has 2 aromatic rings. The van der Waals surface area contributed by atoms with Crippen LogP contribution in [-0.4, -0.2) is 42.7 Å². The predicted octanol–water partition coefficient (Wildman–Crippen LogP) is 2.01. The molecule has 0 bridgehead atoms. The lowest BCUT2D eigenvalue weighted by Gasteiger charge is -2.39. The van der Waals surface area contributed by atoms with Crippen molar-refractivity contribution in [3.63, 3.8) is 0 Å². The van der Waals surface area contributed by atoms with E-state index in [4.69, 9.17) is 0 Å². The summed E-state index contributed by atoms with van der Waals surface area (Å²) in [7, 11) is 0. The van der Waals surface area contributed by atoms with E-state index in [1.54, 1.807) is 18.6 Å². The fourth-order valence-corrected chi connectivity index (χ4v) is 4.10. The van der Waals surface area contributed by atoms with Crippen LogP contribution in [0.5, 0.6) is 0 Å². The highest BCUT2D eigenvalue weighted by molar-refractivity contribution is 5.69. The summed E-state index contributed by atoms with van der Waals surface area (Å²) >= 11 is 0. The molecule has 6 heteroatoms. The number of fused-ring (bicyclic) bond motifs is 3. The quantitative estimate of drug-likeness (QED) is 0.803. The number of imidazole rings is 1. The van der Waals surface area contributed by atoms with Crippen LogP contribution >= 0.6 is 0 Å². The van der Waals surface area contributed by atoms with Crippen molar-refractivity contribution in [2.75, 3.05) is 0 Å². The minimum atomic E-state index is -1.23. The first-order valence-electron chi connectivity index (χ1n) is 8.39. The van der Waals surface area contributed by atoms with Crippen molar-refractivity contribution in [1.82, 2.24) is 9.55 Å². The molecule has 0 amide bonds. The summed E-state index contributed by atoms with van der Waals surface area (Å²) in [6.07, 6.45) is 3.78. The molecule has 0 saturated heterocycles. The standard InChI is InChI=1S/C18H21FN2O3/c19-13-3-1-2-12-15-9-20-10-21(15)14(17(12)13)8-16(23)18(24)6-4-11(22)5-7-18/h1-3,9-11,14,16,22-24H,4-8H2/t11-,14?,16?,18+. The third-order valence-electron chi connectivity index (χ3n) is 5.55. The maximum Gasteiger partial charge on any atom is 0.129 e. The molecule has 3 N–H and O–H groups in total. The second-order valence-electron chi connectivity index (χ2n) is 6.99. The van der Waals surface area contributed by atoms with E-state index in [1.165, 1.54) is 6.07 Å². The normalized spacial score (nSPS) is 30.0. The number of aliphatic hydroxyl groups is 3. The van der Waals surface area contributed by atoms with Crippen LogP contribution in [0.25, 0.3) is 11.3 Å². The maximum atomic E-state index is 14.4. The van der Waals surface area contributed by atoms with E-state index >= 15 is 0 Å². The Kier molecular flexibility index (Phi) is 3.71. The molecule has 0 radical (unpaired) electrons. The predicted molar refractivity (Wildman–Crippen MR) is 85.8 cm³/mol. The van der Waals surface area contributed by atoms with Gasteiger partial charge in [0, 0.05) is 17.5 Å². The van der Waals surface area contributed by atoms with E-state index < -0.39 is 17.8 Å². The summed E-state index contributed by atoms with van der Waals surface area (Å²) < 4.78 is 16.3. The van der Waals surface area contributed by atoms with Crippen molar-refractivity contribution in [3.05, 3.63) is 42.1 Å². The Morgan fingerprint density at radius 3 is 2.83 bits per heavy atom. The van der Waals surface area contributed by atoms with E-state index in [-0.39, 0.29) is 18.3 Å². The summed E-state index contributed by atoms with van der Waals surface area (Å²) in [6, 6.07) is 4.55. The highest BCUT2D eigenvalue weighted by Crippen LogP contribution is 2.44. The van der Waals surface area contributed by atoms with Gasteiger partial charge in [0.2, 0.25) is 0 Å². The second-order valence-corrected chi connectivity index (χ2v) is 6.99. The fourth-order valence-electron chi connectivity index (χ4n) is 4.10. The van der Waals surface area contributed by atoms with Gasteiger partial charge in [0.25, 0.3) is 0 Å². The molecule has 4 rings (SSSR count). The van der Waals surface area contributed by atoms with Gasteiger partial charge in [0.05, 0.1) is 42.1 Å². The maximum absolute atomic E-state index is 14.4. The van der Waals surface area contributed by atoms with E-state index in [9.17, 15) is 19.7 Å². The smallest absolute Gasteiger partial charge is 0.129 e. The Balaban J connectivity index is 1.64. The van der Waals surface area contributed by atoms with Gasteiger partial charge in [-0.15, -0.1) is 0 Å². The Morgan fingerprint density at radius 1 is 1.33 bits per heavy atom. The summed E-state index contributed by atoms with van der Waals surface area (Å²) in [5.74, 6) is -0.306. The van der Waals surface area contributed by atoms with Gasteiger partial charge < -0.3 is 19.9 Å². The third kappa shape index (κ3) is 2.37. The highest BCUT2D eigenvalue weighted by Gasteiger charge is 2.42. The monoisotopic (exact) mass is 332 g/mol. The van der Waals surface area contributed by atoms with Crippen LogP contribution in [0.3, 0.4) is 0 Å².